The average Bonchev–Trinajstić information content (AvgIpc) is 3.15. The van der Waals surface area contributed by atoms with E-state index in [2.05, 4.69) is 4.98 Å². The smallest absolute Gasteiger partial charge is 0.410 e. The minimum absolute atomic E-state index is 0.0929. The number of rotatable bonds is 4. The Morgan fingerprint density at radius 2 is 2.00 bits per heavy atom. The Hall–Kier alpha value is -2.60. The zero-order chi connectivity index (χ0) is 17.8. The number of hydrogen-bond donors (Lipinski definition) is 0. The third-order valence-electron chi connectivity index (χ3n) is 4.74. The van der Waals surface area contributed by atoms with Crippen LogP contribution in [0.4, 0.5) is 4.79 Å². The molecule has 0 unspecified atom stereocenters. The van der Waals surface area contributed by atoms with Gasteiger partial charge in [-0.3, -0.25) is 4.98 Å². The topological polar surface area (TPSA) is 60.9 Å². The number of fused-ring (bicyclic) bond motifs is 1. The molecular formula is C20H22N2O4. The summed E-state index contributed by atoms with van der Waals surface area (Å²) in [5.74, 6) is 0.777. The van der Waals surface area contributed by atoms with Gasteiger partial charge in [-0.2, -0.15) is 0 Å². The summed E-state index contributed by atoms with van der Waals surface area (Å²) in [5.41, 5.74) is 3.09. The van der Waals surface area contributed by atoms with Crippen molar-refractivity contribution in [1.29, 1.82) is 0 Å². The van der Waals surface area contributed by atoms with Crippen LogP contribution in [0.1, 0.15) is 29.7 Å². The molecule has 6 nitrogen and oxygen atoms in total. The molecule has 2 aliphatic rings. The SMILES string of the molecule is O=C(OCc1ccccc1)N1CCC(Oc2cnc3c(c2)COC3)CC1. The molecule has 2 aliphatic heterocycles. The van der Waals surface area contributed by atoms with E-state index in [0.29, 0.717) is 32.9 Å². The van der Waals surface area contributed by atoms with Gasteiger partial charge in [0.05, 0.1) is 25.1 Å². The number of amides is 1. The molecule has 0 N–H and O–H groups in total. The van der Waals surface area contributed by atoms with E-state index in [9.17, 15) is 4.79 Å². The van der Waals surface area contributed by atoms with E-state index >= 15 is 0 Å². The molecule has 1 aromatic carbocycles. The van der Waals surface area contributed by atoms with Gasteiger partial charge in [0.1, 0.15) is 18.5 Å². The summed E-state index contributed by atoms with van der Waals surface area (Å²) in [5, 5.41) is 0. The van der Waals surface area contributed by atoms with E-state index in [4.69, 9.17) is 14.2 Å². The van der Waals surface area contributed by atoms with E-state index in [1.54, 1.807) is 11.1 Å². The molecule has 1 saturated heterocycles. The van der Waals surface area contributed by atoms with E-state index < -0.39 is 0 Å². The van der Waals surface area contributed by atoms with E-state index in [-0.39, 0.29) is 12.2 Å². The lowest BCUT2D eigenvalue weighted by molar-refractivity contribution is 0.0637. The average molecular weight is 354 g/mol. The lowest BCUT2D eigenvalue weighted by Gasteiger charge is -2.31. The van der Waals surface area contributed by atoms with Crippen molar-refractivity contribution in [3.05, 3.63) is 59.4 Å². The van der Waals surface area contributed by atoms with Crippen LogP contribution in [0, 0.1) is 0 Å². The minimum atomic E-state index is -0.261. The number of hydrogen-bond acceptors (Lipinski definition) is 5. The number of ether oxygens (including phenoxy) is 3. The maximum Gasteiger partial charge on any atom is 0.410 e. The summed E-state index contributed by atoms with van der Waals surface area (Å²) in [6.07, 6.45) is 3.16. The van der Waals surface area contributed by atoms with Crippen LogP contribution in [0.15, 0.2) is 42.6 Å². The standard InChI is InChI=1S/C20H22N2O4/c23-20(25-12-15-4-2-1-3-5-15)22-8-6-17(7-9-22)26-18-10-16-13-24-14-19(16)21-11-18/h1-5,10-11,17H,6-9,12-14H2. The van der Waals surface area contributed by atoms with Crippen molar-refractivity contribution in [3.63, 3.8) is 0 Å². The third kappa shape index (κ3) is 3.96. The molecule has 2 aromatic rings. The molecule has 6 heteroatoms. The van der Waals surface area contributed by atoms with Gasteiger partial charge in [0.2, 0.25) is 0 Å². The van der Waals surface area contributed by atoms with Crippen molar-refractivity contribution in [2.45, 2.75) is 38.8 Å². The zero-order valence-corrected chi connectivity index (χ0v) is 14.6. The van der Waals surface area contributed by atoms with Crippen molar-refractivity contribution in [1.82, 2.24) is 9.88 Å². The fourth-order valence-electron chi connectivity index (χ4n) is 3.25. The van der Waals surface area contributed by atoms with Crippen LogP contribution in [-0.4, -0.2) is 35.2 Å². The summed E-state index contributed by atoms with van der Waals surface area (Å²) in [6, 6.07) is 11.7. The molecule has 1 aromatic heterocycles. The van der Waals surface area contributed by atoms with Gasteiger partial charge in [-0.05, 0) is 11.6 Å². The van der Waals surface area contributed by atoms with E-state index in [1.807, 2.05) is 36.4 Å². The minimum Gasteiger partial charge on any atom is -0.489 e. The van der Waals surface area contributed by atoms with Gasteiger partial charge in [-0.25, -0.2) is 4.79 Å². The van der Waals surface area contributed by atoms with Gasteiger partial charge in [0, 0.05) is 31.5 Å². The predicted molar refractivity (Wildman–Crippen MR) is 94.6 cm³/mol. The maximum atomic E-state index is 12.2. The lowest BCUT2D eigenvalue weighted by Crippen LogP contribution is -2.42. The van der Waals surface area contributed by atoms with Gasteiger partial charge in [0.25, 0.3) is 0 Å². The van der Waals surface area contributed by atoms with Crippen LogP contribution in [-0.2, 0) is 29.3 Å². The molecule has 0 bridgehead atoms. The molecule has 0 saturated carbocycles. The first-order valence-corrected chi connectivity index (χ1v) is 8.96. The number of benzene rings is 1. The normalized spacial score (nSPS) is 17.0. The first kappa shape index (κ1) is 16.8. The largest absolute Gasteiger partial charge is 0.489 e. The van der Waals surface area contributed by atoms with Gasteiger partial charge in [0.15, 0.2) is 0 Å². The fourth-order valence-corrected chi connectivity index (χ4v) is 3.25. The second-order valence-electron chi connectivity index (χ2n) is 6.61. The maximum absolute atomic E-state index is 12.2. The van der Waals surface area contributed by atoms with Gasteiger partial charge >= 0.3 is 6.09 Å². The number of aromatic nitrogens is 1. The van der Waals surface area contributed by atoms with Crippen molar-refractivity contribution < 1.29 is 19.0 Å². The van der Waals surface area contributed by atoms with Crippen LogP contribution in [0.25, 0.3) is 0 Å². The fraction of sp³-hybridized carbons (Fsp3) is 0.400. The van der Waals surface area contributed by atoms with Crippen LogP contribution in [0.5, 0.6) is 5.75 Å². The van der Waals surface area contributed by atoms with Crippen LogP contribution in [0.3, 0.4) is 0 Å². The number of pyridine rings is 1. The molecule has 0 radical (unpaired) electrons. The highest BCUT2D eigenvalue weighted by Crippen LogP contribution is 2.24. The number of carbonyl (C=O) groups excluding carboxylic acids is 1. The van der Waals surface area contributed by atoms with Crippen LogP contribution < -0.4 is 4.74 Å². The highest BCUT2D eigenvalue weighted by atomic mass is 16.6. The van der Waals surface area contributed by atoms with E-state index in [0.717, 1.165) is 35.4 Å². The predicted octanol–water partition coefficient (Wildman–Crippen LogP) is 3.29. The van der Waals surface area contributed by atoms with Gasteiger partial charge in [-0.1, -0.05) is 30.3 Å². The first-order chi connectivity index (χ1) is 12.8. The van der Waals surface area contributed by atoms with Gasteiger partial charge in [-0.15, -0.1) is 0 Å². The molecular weight excluding hydrogens is 332 g/mol. The second-order valence-corrected chi connectivity index (χ2v) is 6.61. The Balaban J connectivity index is 1.24. The zero-order valence-electron chi connectivity index (χ0n) is 14.6. The molecule has 4 rings (SSSR count). The summed E-state index contributed by atoms with van der Waals surface area (Å²) in [7, 11) is 0. The van der Waals surface area contributed by atoms with E-state index in [1.165, 1.54) is 0 Å². The Morgan fingerprint density at radius 3 is 2.81 bits per heavy atom. The number of carbonyl (C=O) groups is 1. The first-order valence-electron chi connectivity index (χ1n) is 8.96. The summed E-state index contributed by atoms with van der Waals surface area (Å²) in [4.78, 5) is 18.3. The number of nitrogens with zero attached hydrogens (tertiary/aromatic N) is 2. The third-order valence-corrected chi connectivity index (χ3v) is 4.74. The molecule has 0 atom stereocenters. The summed E-state index contributed by atoms with van der Waals surface area (Å²) >= 11 is 0. The highest BCUT2D eigenvalue weighted by molar-refractivity contribution is 5.67. The lowest BCUT2D eigenvalue weighted by atomic mass is 10.1. The Kier molecular flexibility index (Phi) is 5.02. The second kappa shape index (κ2) is 7.74. The monoisotopic (exact) mass is 354 g/mol. The van der Waals surface area contributed by atoms with Crippen molar-refractivity contribution in [2.24, 2.45) is 0 Å². The van der Waals surface area contributed by atoms with Crippen molar-refractivity contribution in [2.75, 3.05) is 13.1 Å². The number of piperidine rings is 1. The Morgan fingerprint density at radius 1 is 1.19 bits per heavy atom. The Bertz CT molecular complexity index is 758. The molecule has 136 valence electrons. The molecule has 0 spiro atoms. The molecule has 0 aliphatic carbocycles. The Labute approximate surface area is 152 Å². The highest BCUT2D eigenvalue weighted by Gasteiger charge is 2.25. The molecule has 3 heterocycles. The number of likely N-dealkylation sites (tertiary alicyclic amines) is 1. The molecule has 1 fully saturated rings. The van der Waals surface area contributed by atoms with Gasteiger partial charge < -0.3 is 19.1 Å². The molecule has 1 amide bonds. The molecule has 26 heavy (non-hydrogen) atoms. The quantitative estimate of drug-likeness (QED) is 0.843. The summed E-state index contributed by atoms with van der Waals surface area (Å²) in [6.45, 7) is 2.77. The van der Waals surface area contributed by atoms with Crippen LogP contribution >= 0.6 is 0 Å². The van der Waals surface area contributed by atoms with Crippen molar-refractivity contribution >= 4 is 6.09 Å². The van der Waals surface area contributed by atoms with Crippen molar-refractivity contribution in [3.8, 4) is 5.75 Å². The van der Waals surface area contributed by atoms with Crippen LogP contribution in [0.2, 0.25) is 0 Å². The summed E-state index contributed by atoms with van der Waals surface area (Å²) < 4.78 is 16.8.